The van der Waals surface area contributed by atoms with Crippen LogP contribution in [0, 0.1) is 0 Å². The van der Waals surface area contributed by atoms with Crippen molar-refractivity contribution in [2.45, 2.75) is 38.2 Å². The lowest BCUT2D eigenvalue weighted by molar-refractivity contribution is 0.0162. The first-order valence-electron chi connectivity index (χ1n) is 5.95. The van der Waals surface area contributed by atoms with Gasteiger partial charge in [0, 0.05) is 12.7 Å². The van der Waals surface area contributed by atoms with Crippen LogP contribution in [0.1, 0.15) is 48.2 Å². The second-order valence-corrected chi connectivity index (χ2v) is 4.47. The molecule has 1 atom stereocenters. The summed E-state index contributed by atoms with van der Waals surface area (Å²) >= 11 is 0. The predicted molar refractivity (Wildman–Crippen MR) is 61.9 cm³/mol. The average Bonchev–Trinajstić information content (AvgIpc) is 2.72. The minimum Gasteiger partial charge on any atom is -0.458 e. The molecule has 1 heterocycles. The maximum absolute atomic E-state index is 11.8. The van der Waals surface area contributed by atoms with Crippen LogP contribution in [-0.4, -0.2) is 36.0 Å². The lowest BCUT2D eigenvalue weighted by Crippen LogP contribution is -2.20. The fourth-order valence-electron chi connectivity index (χ4n) is 1.82. The summed E-state index contributed by atoms with van der Waals surface area (Å²) in [5.41, 5.74) is 1.49. The number of H-pyrrole nitrogens is 1. The van der Waals surface area contributed by atoms with Crippen LogP contribution in [0.3, 0.4) is 0 Å². The normalized spacial score (nSPS) is 17.5. The van der Waals surface area contributed by atoms with Crippen LogP contribution in [0.25, 0.3) is 0 Å². The van der Waals surface area contributed by atoms with Crippen molar-refractivity contribution in [2.24, 2.45) is 0 Å². The van der Waals surface area contributed by atoms with Gasteiger partial charge in [-0.05, 0) is 25.7 Å². The van der Waals surface area contributed by atoms with Crippen LogP contribution in [0.4, 0.5) is 0 Å². The van der Waals surface area contributed by atoms with Crippen LogP contribution >= 0.6 is 0 Å². The summed E-state index contributed by atoms with van der Waals surface area (Å²) in [4.78, 5) is 11.8. The molecule has 0 saturated heterocycles. The van der Waals surface area contributed by atoms with Crippen molar-refractivity contribution < 1.29 is 14.3 Å². The van der Waals surface area contributed by atoms with E-state index in [1.54, 1.807) is 13.3 Å². The Hall–Kier alpha value is -1.36. The third-order valence-electron chi connectivity index (χ3n) is 3.27. The van der Waals surface area contributed by atoms with Gasteiger partial charge in [0.1, 0.15) is 12.3 Å². The van der Waals surface area contributed by atoms with Crippen molar-refractivity contribution in [1.29, 1.82) is 0 Å². The van der Waals surface area contributed by atoms with Gasteiger partial charge >= 0.3 is 5.97 Å². The zero-order valence-corrected chi connectivity index (χ0v) is 10.2. The highest BCUT2D eigenvalue weighted by atomic mass is 16.6. The van der Waals surface area contributed by atoms with Crippen LogP contribution in [0.2, 0.25) is 0 Å². The van der Waals surface area contributed by atoms with Crippen molar-refractivity contribution in [3.8, 4) is 0 Å². The second-order valence-electron chi connectivity index (χ2n) is 4.47. The molecule has 0 bridgehead atoms. The summed E-state index contributed by atoms with van der Waals surface area (Å²) in [7, 11) is 1.59. The Morgan fingerprint density at radius 2 is 2.41 bits per heavy atom. The number of nitrogens with zero attached hydrogens (tertiary/aromatic N) is 1. The fraction of sp³-hybridized carbons (Fsp3) is 0.667. The first-order chi connectivity index (χ1) is 8.22. The van der Waals surface area contributed by atoms with E-state index in [2.05, 4.69) is 10.2 Å². The molecule has 5 heteroatoms. The molecule has 0 unspecified atom stereocenters. The van der Waals surface area contributed by atoms with Crippen LogP contribution in [-0.2, 0) is 9.47 Å². The molecule has 0 aliphatic heterocycles. The molecule has 1 aromatic rings. The minimum atomic E-state index is -0.340. The van der Waals surface area contributed by atoms with E-state index in [-0.39, 0.29) is 18.7 Å². The average molecular weight is 238 g/mol. The largest absolute Gasteiger partial charge is 0.458 e. The third-order valence-corrected chi connectivity index (χ3v) is 3.27. The Balaban J connectivity index is 1.96. The van der Waals surface area contributed by atoms with E-state index in [0.29, 0.717) is 11.6 Å². The van der Waals surface area contributed by atoms with E-state index in [4.69, 9.17) is 9.47 Å². The highest BCUT2D eigenvalue weighted by molar-refractivity contribution is 5.89. The molecule has 0 spiro atoms. The van der Waals surface area contributed by atoms with Crippen molar-refractivity contribution in [3.05, 3.63) is 17.5 Å². The molecule has 1 fully saturated rings. The number of hydrogen-bond donors (Lipinski definition) is 1. The molecule has 0 amide bonds. The highest BCUT2D eigenvalue weighted by Gasteiger charge is 2.27. The highest BCUT2D eigenvalue weighted by Crippen LogP contribution is 2.37. The summed E-state index contributed by atoms with van der Waals surface area (Å²) in [6.45, 7) is 2.12. The van der Waals surface area contributed by atoms with Gasteiger partial charge in [-0.3, -0.25) is 5.10 Å². The molecule has 1 aromatic heterocycles. The van der Waals surface area contributed by atoms with Crippen molar-refractivity contribution in [2.75, 3.05) is 13.7 Å². The van der Waals surface area contributed by atoms with Gasteiger partial charge in [0.05, 0.1) is 12.3 Å². The van der Waals surface area contributed by atoms with Gasteiger partial charge in [-0.25, -0.2) is 4.79 Å². The number of nitrogens with one attached hydrogen (secondary N) is 1. The predicted octanol–water partition coefficient (Wildman–Crippen LogP) is 1.87. The molecule has 1 aliphatic rings. The molecule has 0 aromatic carbocycles. The topological polar surface area (TPSA) is 64.2 Å². The van der Waals surface area contributed by atoms with Gasteiger partial charge in [0.15, 0.2) is 0 Å². The van der Waals surface area contributed by atoms with E-state index in [0.717, 1.165) is 18.4 Å². The SMILES string of the molecule is CO[C@H](C)COC(=O)c1[nH]ncc1C1CCC1. The van der Waals surface area contributed by atoms with Crippen molar-refractivity contribution in [3.63, 3.8) is 0 Å². The van der Waals surface area contributed by atoms with Crippen LogP contribution in [0.15, 0.2) is 6.20 Å². The molecule has 1 saturated carbocycles. The van der Waals surface area contributed by atoms with Crippen molar-refractivity contribution in [1.82, 2.24) is 10.2 Å². The fourth-order valence-corrected chi connectivity index (χ4v) is 1.82. The van der Waals surface area contributed by atoms with Gasteiger partial charge in [0.2, 0.25) is 0 Å². The summed E-state index contributed by atoms with van der Waals surface area (Å²) in [5, 5.41) is 6.67. The number of carbonyl (C=O) groups is 1. The minimum absolute atomic E-state index is 0.0889. The molecular formula is C12H18N2O3. The molecule has 1 aliphatic carbocycles. The van der Waals surface area contributed by atoms with Crippen molar-refractivity contribution >= 4 is 5.97 Å². The first kappa shape index (κ1) is 12.1. The van der Waals surface area contributed by atoms with E-state index in [1.165, 1.54) is 6.42 Å². The third kappa shape index (κ3) is 2.66. The van der Waals surface area contributed by atoms with Crippen LogP contribution < -0.4 is 0 Å². The standard InChI is InChI=1S/C12H18N2O3/c1-8(16-2)7-17-12(15)11-10(6-13-14-11)9-4-3-5-9/h6,8-9H,3-5,7H2,1-2H3,(H,13,14)/t8-/m1/s1. The van der Waals surface area contributed by atoms with Gasteiger partial charge in [-0.2, -0.15) is 5.10 Å². The van der Waals surface area contributed by atoms with Gasteiger partial charge < -0.3 is 9.47 Å². The van der Waals surface area contributed by atoms with Gasteiger partial charge in [0.25, 0.3) is 0 Å². The Bertz CT molecular complexity index is 385. The van der Waals surface area contributed by atoms with Crippen LogP contribution in [0.5, 0.6) is 0 Å². The molecule has 94 valence electrons. The van der Waals surface area contributed by atoms with E-state index >= 15 is 0 Å². The number of carbonyl (C=O) groups excluding carboxylic acids is 1. The Morgan fingerprint density at radius 3 is 3.00 bits per heavy atom. The lowest BCUT2D eigenvalue weighted by Gasteiger charge is -2.24. The smallest absolute Gasteiger partial charge is 0.356 e. The maximum atomic E-state index is 11.8. The molecule has 5 nitrogen and oxygen atoms in total. The molecule has 17 heavy (non-hydrogen) atoms. The Labute approximate surface area is 100 Å². The Morgan fingerprint density at radius 1 is 1.65 bits per heavy atom. The number of ether oxygens (including phenoxy) is 2. The van der Waals surface area contributed by atoms with E-state index in [9.17, 15) is 4.79 Å². The Kier molecular flexibility index (Phi) is 3.78. The van der Waals surface area contributed by atoms with E-state index in [1.807, 2.05) is 6.92 Å². The number of methoxy groups -OCH3 is 1. The number of rotatable bonds is 5. The summed E-state index contributed by atoms with van der Waals surface area (Å²) in [6.07, 6.45) is 5.14. The number of esters is 1. The zero-order chi connectivity index (χ0) is 12.3. The molecule has 0 radical (unpaired) electrons. The first-order valence-corrected chi connectivity index (χ1v) is 5.95. The maximum Gasteiger partial charge on any atom is 0.356 e. The quantitative estimate of drug-likeness (QED) is 0.795. The number of aromatic amines is 1. The van der Waals surface area contributed by atoms with Gasteiger partial charge in [-0.15, -0.1) is 0 Å². The van der Waals surface area contributed by atoms with Gasteiger partial charge in [-0.1, -0.05) is 6.42 Å². The molecular weight excluding hydrogens is 220 g/mol. The summed E-state index contributed by atoms with van der Waals surface area (Å²) in [5.74, 6) is 0.129. The van der Waals surface area contributed by atoms with E-state index < -0.39 is 0 Å². The molecule has 1 N–H and O–H groups in total. The number of aromatic nitrogens is 2. The second kappa shape index (κ2) is 5.31. The lowest BCUT2D eigenvalue weighted by atomic mass is 9.80. The summed E-state index contributed by atoms with van der Waals surface area (Å²) < 4.78 is 10.2. The zero-order valence-electron chi connectivity index (χ0n) is 10.2. The molecule has 2 rings (SSSR count). The number of hydrogen-bond acceptors (Lipinski definition) is 4. The summed E-state index contributed by atoms with van der Waals surface area (Å²) in [6, 6.07) is 0. The monoisotopic (exact) mass is 238 g/mol.